The Morgan fingerprint density at radius 3 is 2.82 bits per heavy atom. The van der Waals surface area contributed by atoms with Crippen LogP contribution in [0.15, 0.2) is 18.2 Å². The Hall–Kier alpha value is -1.26. The van der Waals surface area contributed by atoms with Gasteiger partial charge in [-0.2, -0.15) is 0 Å². The molecule has 0 radical (unpaired) electrons. The van der Waals surface area contributed by atoms with Crippen LogP contribution in [0.2, 0.25) is 0 Å². The molecule has 0 saturated carbocycles. The summed E-state index contributed by atoms with van der Waals surface area (Å²) in [7, 11) is 0. The summed E-state index contributed by atoms with van der Waals surface area (Å²) in [6.07, 6.45) is 2.99. The molecule has 4 N–H and O–H groups in total. The van der Waals surface area contributed by atoms with Crippen molar-refractivity contribution in [3.8, 4) is 11.5 Å². The maximum Gasteiger partial charge on any atom is 0.166 e. The number of fused-ring (bicyclic) bond motifs is 1. The summed E-state index contributed by atoms with van der Waals surface area (Å²) in [6.45, 7) is 1.93. The zero-order valence-electron chi connectivity index (χ0n) is 10.0. The fourth-order valence-corrected chi connectivity index (χ4v) is 2.05. The predicted octanol–water partition coefficient (Wildman–Crippen LogP) is 1.59. The maximum absolute atomic E-state index is 6.18. The van der Waals surface area contributed by atoms with Crippen molar-refractivity contribution in [3.05, 3.63) is 23.8 Å². The first kappa shape index (κ1) is 12.2. The number of nitrogens with two attached hydrogens (primary N) is 2. The molecular weight excluding hydrogens is 216 g/mol. The van der Waals surface area contributed by atoms with Crippen LogP contribution in [0.3, 0.4) is 0 Å². The SMILES string of the molecule is NCCCC[C@H](N)c1cccc2c1OCCO2. The van der Waals surface area contributed by atoms with Gasteiger partial charge < -0.3 is 20.9 Å². The fourth-order valence-electron chi connectivity index (χ4n) is 2.05. The highest BCUT2D eigenvalue weighted by molar-refractivity contribution is 5.48. The van der Waals surface area contributed by atoms with Crippen LogP contribution < -0.4 is 20.9 Å². The molecule has 17 heavy (non-hydrogen) atoms. The molecule has 0 bridgehead atoms. The number of benzene rings is 1. The van der Waals surface area contributed by atoms with Crippen molar-refractivity contribution in [1.29, 1.82) is 0 Å². The lowest BCUT2D eigenvalue weighted by atomic mass is 10.0. The first-order valence-corrected chi connectivity index (χ1v) is 6.17. The summed E-state index contributed by atoms with van der Waals surface area (Å²) in [4.78, 5) is 0. The minimum atomic E-state index is -0.00167. The van der Waals surface area contributed by atoms with E-state index in [4.69, 9.17) is 20.9 Å². The lowest BCUT2D eigenvalue weighted by molar-refractivity contribution is 0.169. The molecule has 0 saturated heterocycles. The number of unbranched alkanes of at least 4 members (excludes halogenated alkanes) is 1. The molecule has 1 atom stereocenters. The van der Waals surface area contributed by atoms with Gasteiger partial charge in [-0.1, -0.05) is 18.6 Å². The van der Waals surface area contributed by atoms with Crippen LogP contribution in [0.1, 0.15) is 30.9 Å². The average Bonchev–Trinajstić information content (AvgIpc) is 2.38. The number of rotatable bonds is 5. The minimum absolute atomic E-state index is 0.00167. The van der Waals surface area contributed by atoms with Crippen LogP contribution in [0, 0.1) is 0 Å². The number of para-hydroxylation sites is 1. The Morgan fingerprint density at radius 1 is 1.18 bits per heavy atom. The van der Waals surface area contributed by atoms with Crippen LogP contribution >= 0.6 is 0 Å². The summed E-state index contributed by atoms with van der Waals surface area (Å²) in [5.41, 5.74) is 12.7. The van der Waals surface area contributed by atoms with Gasteiger partial charge in [0.1, 0.15) is 13.2 Å². The van der Waals surface area contributed by atoms with E-state index in [0.717, 1.165) is 42.9 Å². The molecule has 0 fully saturated rings. The molecule has 2 rings (SSSR count). The first-order valence-electron chi connectivity index (χ1n) is 6.17. The lowest BCUT2D eigenvalue weighted by Gasteiger charge is -2.23. The van der Waals surface area contributed by atoms with Crippen LogP contribution in [-0.4, -0.2) is 19.8 Å². The van der Waals surface area contributed by atoms with E-state index in [1.165, 1.54) is 0 Å². The highest BCUT2D eigenvalue weighted by atomic mass is 16.6. The first-order chi connectivity index (χ1) is 8.33. The van der Waals surface area contributed by atoms with Gasteiger partial charge >= 0.3 is 0 Å². The van der Waals surface area contributed by atoms with Gasteiger partial charge in [-0.05, 0) is 25.5 Å². The van der Waals surface area contributed by atoms with Gasteiger partial charge in [-0.15, -0.1) is 0 Å². The topological polar surface area (TPSA) is 70.5 Å². The zero-order chi connectivity index (χ0) is 12.1. The molecule has 1 aromatic rings. The number of ether oxygens (including phenoxy) is 2. The molecule has 1 aliphatic rings. The van der Waals surface area contributed by atoms with E-state index in [2.05, 4.69) is 0 Å². The normalized spacial score (nSPS) is 15.6. The summed E-state index contributed by atoms with van der Waals surface area (Å²) >= 11 is 0. The van der Waals surface area contributed by atoms with Gasteiger partial charge in [0.2, 0.25) is 0 Å². The number of hydrogen-bond acceptors (Lipinski definition) is 4. The molecule has 0 amide bonds. The largest absolute Gasteiger partial charge is 0.486 e. The molecule has 4 heteroatoms. The third kappa shape index (κ3) is 2.90. The van der Waals surface area contributed by atoms with Crippen LogP contribution in [0.5, 0.6) is 11.5 Å². The molecule has 0 unspecified atom stereocenters. The minimum Gasteiger partial charge on any atom is -0.486 e. The van der Waals surface area contributed by atoms with Crippen LogP contribution in [0.4, 0.5) is 0 Å². The zero-order valence-corrected chi connectivity index (χ0v) is 10.0. The summed E-state index contributed by atoms with van der Waals surface area (Å²) < 4.78 is 11.2. The van der Waals surface area contributed by atoms with Gasteiger partial charge in [-0.25, -0.2) is 0 Å². The van der Waals surface area contributed by atoms with E-state index in [1.807, 2.05) is 18.2 Å². The standard InChI is InChI=1S/C13H20N2O2/c14-7-2-1-5-11(15)10-4-3-6-12-13(10)17-9-8-16-12/h3-4,6,11H,1-2,5,7-9,14-15H2/t11-/m0/s1. The molecule has 4 nitrogen and oxygen atoms in total. The van der Waals surface area contributed by atoms with E-state index >= 15 is 0 Å². The van der Waals surface area contributed by atoms with E-state index < -0.39 is 0 Å². The van der Waals surface area contributed by atoms with Gasteiger partial charge in [-0.3, -0.25) is 0 Å². The summed E-state index contributed by atoms with van der Waals surface area (Å²) in [5.74, 6) is 1.63. The highest BCUT2D eigenvalue weighted by Crippen LogP contribution is 2.37. The van der Waals surface area contributed by atoms with Crippen molar-refractivity contribution in [2.24, 2.45) is 11.5 Å². The van der Waals surface area contributed by atoms with Crippen LogP contribution in [0.25, 0.3) is 0 Å². The second kappa shape index (κ2) is 5.89. The van der Waals surface area contributed by atoms with Gasteiger partial charge in [0.15, 0.2) is 11.5 Å². The van der Waals surface area contributed by atoms with Crippen molar-refractivity contribution < 1.29 is 9.47 Å². The quantitative estimate of drug-likeness (QED) is 0.762. The molecule has 1 aromatic carbocycles. The molecule has 0 aromatic heterocycles. The smallest absolute Gasteiger partial charge is 0.166 e. The van der Waals surface area contributed by atoms with Crippen molar-refractivity contribution in [3.63, 3.8) is 0 Å². The van der Waals surface area contributed by atoms with Gasteiger partial charge in [0, 0.05) is 11.6 Å². The van der Waals surface area contributed by atoms with E-state index in [1.54, 1.807) is 0 Å². The second-order valence-corrected chi connectivity index (χ2v) is 4.26. The summed E-state index contributed by atoms with van der Waals surface area (Å²) in [6, 6.07) is 5.90. The maximum atomic E-state index is 6.18. The van der Waals surface area contributed by atoms with E-state index in [9.17, 15) is 0 Å². The van der Waals surface area contributed by atoms with Crippen molar-refractivity contribution in [1.82, 2.24) is 0 Å². The monoisotopic (exact) mass is 236 g/mol. The van der Waals surface area contributed by atoms with Crippen molar-refractivity contribution in [2.75, 3.05) is 19.8 Å². The lowest BCUT2D eigenvalue weighted by Crippen LogP contribution is -2.19. The van der Waals surface area contributed by atoms with Crippen LogP contribution in [-0.2, 0) is 0 Å². The van der Waals surface area contributed by atoms with Gasteiger partial charge in [0.25, 0.3) is 0 Å². The molecule has 1 heterocycles. The Bertz CT molecular complexity index is 368. The predicted molar refractivity (Wildman–Crippen MR) is 67.3 cm³/mol. The molecular formula is C13H20N2O2. The fraction of sp³-hybridized carbons (Fsp3) is 0.538. The molecule has 94 valence electrons. The Kier molecular flexibility index (Phi) is 4.23. The summed E-state index contributed by atoms with van der Waals surface area (Å²) in [5, 5.41) is 0. The van der Waals surface area contributed by atoms with Crippen molar-refractivity contribution in [2.45, 2.75) is 25.3 Å². The Morgan fingerprint density at radius 2 is 2.00 bits per heavy atom. The Balaban J connectivity index is 2.09. The number of hydrogen-bond donors (Lipinski definition) is 2. The third-order valence-corrected chi connectivity index (χ3v) is 2.97. The molecule has 1 aliphatic heterocycles. The third-order valence-electron chi connectivity index (χ3n) is 2.97. The molecule has 0 aliphatic carbocycles. The Labute approximate surface area is 102 Å². The van der Waals surface area contributed by atoms with Gasteiger partial charge in [0.05, 0.1) is 0 Å². The van der Waals surface area contributed by atoms with Crippen molar-refractivity contribution >= 4 is 0 Å². The van der Waals surface area contributed by atoms with E-state index in [0.29, 0.717) is 13.2 Å². The highest BCUT2D eigenvalue weighted by Gasteiger charge is 2.19. The second-order valence-electron chi connectivity index (χ2n) is 4.26. The van der Waals surface area contributed by atoms with E-state index in [-0.39, 0.29) is 6.04 Å². The molecule has 0 spiro atoms. The average molecular weight is 236 g/mol.